The fourth-order valence-corrected chi connectivity index (χ4v) is 4.34. The lowest BCUT2D eigenvalue weighted by atomic mass is 9.94. The van der Waals surface area contributed by atoms with Gasteiger partial charge in [0.25, 0.3) is 0 Å². The SMILES string of the molecule is CC(=O)Nc1ccc(C2=C(c3cc(Cl)ccc3OCc3ccccc3)CCC2)cc1C(=O)O. The lowest BCUT2D eigenvalue weighted by Crippen LogP contribution is -2.11. The summed E-state index contributed by atoms with van der Waals surface area (Å²) in [5, 5.41) is 12.9. The highest BCUT2D eigenvalue weighted by molar-refractivity contribution is 6.30. The van der Waals surface area contributed by atoms with Crippen molar-refractivity contribution in [3.63, 3.8) is 0 Å². The average Bonchev–Trinajstić information content (AvgIpc) is 3.28. The van der Waals surface area contributed by atoms with Crippen molar-refractivity contribution < 1.29 is 19.4 Å². The molecule has 0 fully saturated rings. The molecule has 0 saturated carbocycles. The highest BCUT2D eigenvalue weighted by Crippen LogP contribution is 2.44. The van der Waals surface area contributed by atoms with E-state index in [9.17, 15) is 14.7 Å². The maximum Gasteiger partial charge on any atom is 0.337 e. The fraction of sp³-hybridized carbons (Fsp3) is 0.185. The van der Waals surface area contributed by atoms with Gasteiger partial charge in [0.1, 0.15) is 12.4 Å². The average molecular weight is 462 g/mol. The lowest BCUT2D eigenvalue weighted by molar-refractivity contribution is -0.114. The first-order valence-corrected chi connectivity index (χ1v) is 11.1. The number of rotatable bonds is 7. The third-order valence-electron chi connectivity index (χ3n) is 5.63. The zero-order chi connectivity index (χ0) is 23.4. The maximum atomic E-state index is 11.8. The zero-order valence-corrected chi connectivity index (χ0v) is 19.0. The third-order valence-corrected chi connectivity index (χ3v) is 5.87. The fourth-order valence-electron chi connectivity index (χ4n) is 4.17. The third kappa shape index (κ3) is 5.26. The number of nitrogens with one attached hydrogen (secondary N) is 1. The summed E-state index contributed by atoms with van der Waals surface area (Å²) in [6.45, 7) is 1.79. The molecule has 4 rings (SSSR count). The van der Waals surface area contributed by atoms with Crippen LogP contribution in [0.1, 0.15) is 53.2 Å². The number of anilines is 1. The van der Waals surface area contributed by atoms with Crippen LogP contribution in [0.3, 0.4) is 0 Å². The summed E-state index contributed by atoms with van der Waals surface area (Å²) in [5.74, 6) is -0.661. The largest absolute Gasteiger partial charge is 0.488 e. The molecular formula is C27H24ClNO4. The molecule has 2 N–H and O–H groups in total. The van der Waals surface area contributed by atoms with Gasteiger partial charge in [0.05, 0.1) is 11.3 Å². The minimum absolute atomic E-state index is 0.0631. The Labute approximate surface area is 197 Å². The van der Waals surface area contributed by atoms with Gasteiger partial charge in [0.15, 0.2) is 0 Å². The second-order valence-electron chi connectivity index (χ2n) is 7.97. The summed E-state index contributed by atoms with van der Waals surface area (Å²) in [6, 6.07) is 20.7. The Morgan fingerprint density at radius 3 is 2.48 bits per heavy atom. The summed E-state index contributed by atoms with van der Waals surface area (Å²) >= 11 is 6.35. The molecule has 0 heterocycles. The zero-order valence-electron chi connectivity index (χ0n) is 18.2. The molecule has 0 aliphatic heterocycles. The Balaban J connectivity index is 1.73. The van der Waals surface area contributed by atoms with Crippen LogP contribution in [0, 0.1) is 0 Å². The predicted molar refractivity (Wildman–Crippen MR) is 131 cm³/mol. The van der Waals surface area contributed by atoms with E-state index in [2.05, 4.69) is 5.32 Å². The molecule has 6 heteroatoms. The van der Waals surface area contributed by atoms with Gasteiger partial charge < -0.3 is 15.2 Å². The van der Waals surface area contributed by atoms with Gasteiger partial charge in [-0.1, -0.05) is 48.0 Å². The molecular weight excluding hydrogens is 438 g/mol. The number of amides is 1. The lowest BCUT2D eigenvalue weighted by Gasteiger charge is -2.16. The van der Waals surface area contributed by atoms with E-state index >= 15 is 0 Å². The van der Waals surface area contributed by atoms with E-state index in [1.54, 1.807) is 12.1 Å². The Morgan fingerprint density at radius 2 is 1.76 bits per heavy atom. The van der Waals surface area contributed by atoms with Crippen LogP contribution >= 0.6 is 11.6 Å². The molecule has 168 valence electrons. The minimum atomic E-state index is -1.09. The monoisotopic (exact) mass is 461 g/mol. The Hall–Kier alpha value is -3.57. The first-order valence-electron chi connectivity index (χ1n) is 10.8. The Kier molecular flexibility index (Phi) is 6.80. The number of hydrogen-bond donors (Lipinski definition) is 2. The number of hydrogen-bond acceptors (Lipinski definition) is 3. The van der Waals surface area contributed by atoms with E-state index in [-0.39, 0.29) is 17.2 Å². The van der Waals surface area contributed by atoms with E-state index in [4.69, 9.17) is 16.3 Å². The molecule has 1 aliphatic carbocycles. The Bertz CT molecular complexity index is 1230. The molecule has 5 nitrogen and oxygen atoms in total. The summed E-state index contributed by atoms with van der Waals surface area (Å²) in [7, 11) is 0. The number of halogens is 1. The predicted octanol–water partition coefficient (Wildman–Crippen LogP) is 6.67. The van der Waals surface area contributed by atoms with Crippen LogP contribution in [0.15, 0.2) is 66.7 Å². The molecule has 3 aromatic carbocycles. The van der Waals surface area contributed by atoms with Crippen molar-refractivity contribution in [2.24, 2.45) is 0 Å². The molecule has 0 saturated heterocycles. The smallest absolute Gasteiger partial charge is 0.337 e. The highest BCUT2D eigenvalue weighted by atomic mass is 35.5. The molecule has 3 aromatic rings. The molecule has 0 atom stereocenters. The minimum Gasteiger partial charge on any atom is -0.488 e. The van der Waals surface area contributed by atoms with E-state index < -0.39 is 5.97 Å². The molecule has 0 radical (unpaired) electrons. The number of carboxylic acid groups (broad SMARTS) is 1. The second-order valence-corrected chi connectivity index (χ2v) is 8.41. The number of carbonyl (C=O) groups is 2. The highest BCUT2D eigenvalue weighted by Gasteiger charge is 2.23. The summed E-state index contributed by atoms with van der Waals surface area (Å²) in [5.41, 5.74) is 5.33. The number of carbonyl (C=O) groups excluding carboxylic acids is 1. The van der Waals surface area contributed by atoms with E-state index in [0.29, 0.717) is 11.6 Å². The molecule has 1 aliphatic rings. The number of allylic oxidation sites excluding steroid dienone is 2. The number of aromatic carboxylic acids is 1. The van der Waals surface area contributed by atoms with E-state index in [1.165, 1.54) is 6.92 Å². The van der Waals surface area contributed by atoms with Gasteiger partial charge in [-0.3, -0.25) is 4.79 Å². The quantitative estimate of drug-likeness (QED) is 0.412. The first-order chi connectivity index (χ1) is 15.9. The van der Waals surface area contributed by atoms with Gasteiger partial charge in [0, 0.05) is 17.5 Å². The summed E-state index contributed by atoms with van der Waals surface area (Å²) in [4.78, 5) is 23.3. The van der Waals surface area contributed by atoms with Crippen LogP contribution < -0.4 is 10.1 Å². The van der Waals surface area contributed by atoms with E-state index in [1.807, 2.05) is 54.6 Å². The van der Waals surface area contributed by atoms with Crippen molar-refractivity contribution in [1.29, 1.82) is 0 Å². The van der Waals surface area contributed by atoms with Gasteiger partial charge in [-0.2, -0.15) is 0 Å². The van der Waals surface area contributed by atoms with Crippen LogP contribution in [0.4, 0.5) is 5.69 Å². The van der Waals surface area contributed by atoms with E-state index in [0.717, 1.165) is 52.8 Å². The van der Waals surface area contributed by atoms with Crippen molar-refractivity contribution in [1.82, 2.24) is 0 Å². The topological polar surface area (TPSA) is 75.6 Å². The van der Waals surface area contributed by atoms with Crippen molar-refractivity contribution in [2.75, 3.05) is 5.32 Å². The number of ether oxygens (including phenoxy) is 1. The summed E-state index contributed by atoms with van der Waals surface area (Å²) < 4.78 is 6.17. The molecule has 0 unspecified atom stereocenters. The van der Waals surface area contributed by atoms with Gasteiger partial charge in [-0.15, -0.1) is 0 Å². The standard InChI is InChI=1S/C27H24ClNO4/c1-17(30)29-25-12-10-19(14-24(25)27(31)32)21-8-5-9-22(21)23-15-20(28)11-13-26(23)33-16-18-6-3-2-4-7-18/h2-4,6-7,10-15H,5,8-9,16H2,1H3,(H,29,30)(H,31,32). The molecule has 0 spiro atoms. The number of carboxylic acids is 1. The van der Waals surface area contributed by atoms with Crippen LogP contribution in [0.25, 0.3) is 11.1 Å². The van der Waals surface area contributed by atoms with Crippen molar-refractivity contribution in [2.45, 2.75) is 32.8 Å². The van der Waals surface area contributed by atoms with Crippen LogP contribution in [-0.4, -0.2) is 17.0 Å². The molecule has 0 bridgehead atoms. The number of benzene rings is 3. The van der Waals surface area contributed by atoms with Crippen molar-refractivity contribution in [3.05, 3.63) is 94.0 Å². The van der Waals surface area contributed by atoms with Gasteiger partial charge >= 0.3 is 5.97 Å². The molecule has 1 amide bonds. The van der Waals surface area contributed by atoms with Crippen LogP contribution in [-0.2, 0) is 11.4 Å². The van der Waals surface area contributed by atoms with Gasteiger partial charge in [-0.25, -0.2) is 4.79 Å². The van der Waals surface area contributed by atoms with Crippen molar-refractivity contribution in [3.8, 4) is 5.75 Å². The first kappa shape index (κ1) is 22.6. The van der Waals surface area contributed by atoms with Gasteiger partial charge in [-0.05, 0) is 71.9 Å². The van der Waals surface area contributed by atoms with Crippen LogP contribution in [0.5, 0.6) is 5.75 Å². The van der Waals surface area contributed by atoms with Gasteiger partial charge in [0.2, 0.25) is 5.91 Å². The second kappa shape index (κ2) is 9.92. The molecule has 33 heavy (non-hydrogen) atoms. The van der Waals surface area contributed by atoms with Crippen molar-refractivity contribution >= 4 is 40.3 Å². The Morgan fingerprint density at radius 1 is 1.00 bits per heavy atom. The normalized spacial score (nSPS) is 13.2. The molecule has 0 aromatic heterocycles. The maximum absolute atomic E-state index is 11.8. The van der Waals surface area contributed by atoms with Crippen LogP contribution in [0.2, 0.25) is 5.02 Å². The summed E-state index contributed by atoms with van der Waals surface area (Å²) in [6.07, 6.45) is 2.61.